The topological polar surface area (TPSA) is 61.4 Å². The van der Waals surface area contributed by atoms with Crippen LogP contribution in [0, 0.1) is 5.92 Å². The predicted octanol–water partition coefficient (Wildman–Crippen LogP) is 2.76. The number of alkyl halides is 3. The Kier molecular flexibility index (Phi) is 6.29. The molecule has 0 aliphatic carbocycles. The van der Waals surface area contributed by atoms with Gasteiger partial charge in [-0.25, -0.2) is 0 Å². The van der Waals surface area contributed by atoms with E-state index in [-0.39, 0.29) is 29.1 Å². The SMILES string of the molecule is CNC(=O)C1CCCN(CC(=O)Nc2cc(C(F)(F)F)ccc2Cl)C1. The maximum absolute atomic E-state index is 12.8. The maximum atomic E-state index is 12.8. The lowest BCUT2D eigenvalue weighted by Crippen LogP contribution is -2.44. The first-order valence-corrected chi connectivity index (χ1v) is 8.19. The van der Waals surface area contributed by atoms with Gasteiger partial charge in [0, 0.05) is 13.6 Å². The van der Waals surface area contributed by atoms with Crippen molar-refractivity contribution in [3.05, 3.63) is 28.8 Å². The van der Waals surface area contributed by atoms with Crippen molar-refractivity contribution in [2.45, 2.75) is 19.0 Å². The zero-order valence-electron chi connectivity index (χ0n) is 13.6. The summed E-state index contributed by atoms with van der Waals surface area (Å²) < 4.78 is 38.3. The lowest BCUT2D eigenvalue weighted by Gasteiger charge is -2.31. The van der Waals surface area contributed by atoms with Crippen molar-refractivity contribution in [2.75, 3.05) is 32.0 Å². The summed E-state index contributed by atoms with van der Waals surface area (Å²) in [6, 6.07) is 2.77. The highest BCUT2D eigenvalue weighted by Gasteiger charge is 2.31. The van der Waals surface area contributed by atoms with Gasteiger partial charge in [0.2, 0.25) is 11.8 Å². The number of benzene rings is 1. The summed E-state index contributed by atoms with van der Waals surface area (Å²) in [7, 11) is 1.56. The van der Waals surface area contributed by atoms with Crippen LogP contribution in [0.1, 0.15) is 18.4 Å². The van der Waals surface area contributed by atoms with E-state index in [0.29, 0.717) is 13.1 Å². The van der Waals surface area contributed by atoms with E-state index in [1.54, 1.807) is 11.9 Å². The zero-order chi connectivity index (χ0) is 18.6. The zero-order valence-corrected chi connectivity index (χ0v) is 14.4. The summed E-state index contributed by atoms with van der Waals surface area (Å²) in [5.74, 6) is -0.742. The first-order chi connectivity index (χ1) is 11.7. The number of amides is 2. The molecule has 2 amide bonds. The van der Waals surface area contributed by atoms with Crippen LogP contribution in [0.25, 0.3) is 0 Å². The molecule has 1 heterocycles. The molecule has 2 N–H and O–H groups in total. The fraction of sp³-hybridized carbons (Fsp3) is 0.500. The second kappa shape index (κ2) is 8.05. The van der Waals surface area contributed by atoms with Crippen LogP contribution < -0.4 is 10.6 Å². The monoisotopic (exact) mass is 377 g/mol. The van der Waals surface area contributed by atoms with E-state index in [2.05, 4.69) is 10.6 Å². The quantitative estimate of drug-likeness (QED) is 0.848. The second-order valence-corrected chi connectivity index (χ2v) is 6.34. The van der Waals surface area contributed by atoms with Gasteiger partial charge in [-0.1, -0.05) is 11.6 Å². The molecular weight excluding hydrogens is 359 g/mol. The highest BCUT2D eigenvalue weighted by atomic mass is 35.5. The molecule has 0 aromatic heterocycles. The Hall–Kier alpha value is -1.80. The molecule has 2 rings (SSSR count). The van der Waals surface area contributed by atoms with Gasteiger partial charge in [-0.05, 0) is 37.6 Å². The van der Waals surface area contributed by atoms with E-state index in [1.165, 1.54) is 0 Å². The Morgan fingerprint density at radius 1 is 1.36 bits per heavy atom. The molecule has 1 saturated heterocycles. The number of nitrogens with one attached hydrogen (secondary N) is 2. The van der Waals surface area contributed by atoms with Crippen molar-refractivity contribution < 1.29 is 22.8 Å². The number of hydrogen-bond acceptors (Lipinski definition) is 3. The van der Waals surface area contributed by atoms with Gasteiger partial charge in [-0.15, -0.1) is 0 Å². The van der Waals surface area contributed by atoms with E-state index in [0.717, 1.165) is 31.0 Å². The van der Waals surface area contributed by atoms with Crippen LogP contribution in [0.15, 0.2) is 18.2 Å². The molecule has 0 spiro atoms. The van der Waals surface area contributed by atoms with E-state index in [4.69, 9.17) is 11.6 Å². The maximum Gasteiger partial charge on any atom is 0.416 e. The van der Waals surface area contributed by atoms with E-state index in [9.17, 15) is 22.8 Å². The fourth-order valence-corrected chi connectivity index (χ4v) is 2.97. The summed E-state index contributed by atoms with van der Waals surface area (Å²) in [4.78, 5) is 25.7. The summed E-state index contributed by atoms with van der Waals surface area (Å²) in [5, 5.41) is 5.03. The molecule has 0 saturated carbocycles. The molecule has 1 aliphatic heterocycles. The van der Waals surface area contributed by atoms with Crippen LogP contribution >= 0.6 is 11.6 Å². The standard InChI is InChI=1S/C16H19ClF3N3O2/c1-21-15(25)10-3-2-6-23(8-10)9-14(24)22-13-7-11(16(18,19)20)4-5-12(13)17/h4-5,7,10H,2-3,6,8-9H2,1H3,(H,21,25)(H,22,24). The van der Waals surface area contributed by atoms with Crippen LogP contribution in [0.5, 0.6) is 0 Å². The second-order valence-electron chi connectivity index (χ2n) is 5.93. The minimum Gasteiger partial charge on any atom is -0.359 e. The summed E-state index contributed by atoms with van der Waals surface area (Å²) in [6.07, 6.45) is -3.00. The number of rotatable bonds is 4. The number of anilines is 1. The molecule has 1 aromatic carbocycles. The minimum atomic E-state index is -4.52. The largest absolute Gasteiger partial charge is 0.416 e. The smallest absolute Gasteiger partial charge is 0.359 e. The molecule has 1 atom stereocenters. The number of nitrogens with zero attached hydrogens (tertiary/aromatic N) is 1. The van der Waals surface area contributed by atoms with Gasteiger partial charge in [-0.3, -0.25) is 14.5 Å². The van der Waals surface area contributed by atoms with Crippen LogP contribution in [0.2, 0.25) is 5.02 Å². The molecule has 138 valence electrons. The number of halogens is 4. The Bertz CT molecular complexity index is 652. The average molecular weight is 378 g/mol. The van der Waals surface area contributed by atoms with Gasteiger partial charge >= 0.3 is 6.18 Å². The molecule has 9 heteroatoms. The van der Waals surface area contributed by atoms with E-state index < -0.39 is 17.6 Å². The number of carbonyl (C=O) groups excluding carboxylic acids is 2. The third kappa shape index (κ3) is 5.34. The Morgan fingerprint density at radius 2 is 2.08 bits per heavy atom. The third-order valence-electron chi connectivity index (χ3n) is 4.06. The summed E-state index contributed by atoms with van der Waals surface area (Å²) in [6.45, 7) is 1.07. The van der Waals surface area contributed by atoms with Crippen molar-refractivity contribution in [1.82, 2.24) is 10.2 Å². The van der Waals surface area contributed by atoms with Gasteiger partial charge in [0.05, 0.1) is 28.7 Å². The third-order valence-corrected chi connectivity index (χ3v) is 4.39. The molecule has 0 radical (unpaired) electrons. The highest BCUT2D eigenvalue weighted by molar-refractivity contribution is 6.33. The van der Waals surface area contributed by atoms with Gasteiger partial charge in [0.1, 0.15) is 0 Å². The van der Waals surface area contributed by atoms with Crippen molar-refractivity contribution in [1.29, 1.82) is 0 Å². The van der Waals surface area contributed by atoms with Crippen molar-refractivity contribution in [2.24, 2.45) is 5.92 Å². The van der Waals surface area contributed by atoms with E-state index >= 15 is 0 Å². The summed E-state index contributed by atoms with van der Waals surface area (Å²) in [5.41, 5.74) is -0.966. The summed E-state index contributed by atoms with van der Waals surface area (Å²) >= 11 is 5.87. The van der Waals surface area contributed by atoms with Gasteiger partial charge in [-0.2, -0.15) is 13.2 Å². The number of likely N-dealkylation sites (tertiary alicyclic amines) is 1. The van der Waals surface area contributed by atoms with Gasteiger partial charge < -0.3 is 10.6 Å². The van der Waals surface area contributed by atoms with Crippen LogP contribution in [0.4, 0.5) is 18.9 Å². The molecule has 1 aliphatic rings. The van der Waals surface area contributed by atoms with Gasteiger partial charge in [0.15, 0.2) is 0 Å². The number of hydrogen-bond donors (Lipinski definition) is 2. The Labute approximate surface area is 148 Å². The predicted molar refractivity (Wildman–Crippen MR) is 88.3 cm³/mol. The van der Waals surface area contributed by atoms with Crippen molar-refractivity contribution in [3.63, 3.8) is 0 Å². The number of piperidine rings is 1. The molecule has 1 aromatic rings. The average Bonchev–Trinajstić information content (AvgIpc) is 2.55. The minimum absolute atomic E-state index is 0.0138. The lowest BCUT2D eigenvalue weighted by atomic mass is 9.97. The molecular formula is C16H19ClF3N3O2. The fourth-order valence-electron chi connectivity index (χ4n) is 2.81. The van der Waals surface area contributed by atoms with Crippen molar-refractivity contribution >= 4 is 29.1 Å². The van der Waals surface area contributed by atoms with E-state index in [1.807, 2.05) is 0 Å². The lowest BCUT2D eigenvalue weighted by molar-refractivity contribution is -0.137. The van der Waals surface area contributed by atoms with Crippen molar-refractivity contribution in [3.8, 4) is 0 Å². The van der Waals surface area contributed by atoms with Crippen LogP contribution in [-0.4, -0.2) is 43.4 Å². The Morgan fingerprint density at radius 3 is 2.72 bits per heavy atom. The normalized spacial score (nSPS) is 18.7. The van der Waals surface area contributed by atoms with Crippen LogP contribution in [0.3, 0.4) is 0 Å². The first kappa shape index (κ1) is 19.5. The molecule has 1 fully saturated rings. The first-order valence-electron chi connectivity index (χ1n) is 7.81. The Balaban J connectivity index is 1.99. The van der Waals surface area contributed by atoms with Crippen LogP contribution in [-0.2, 0) is 15.8 Å². The molecule has 1 unspecified atom stereocenters. The van der Waals surface area contributed by atoms with Gasteiger partial charge in [0.25, 0.3) is 0 Å². The highest BCUT2D eigenvalue weighted by Crippen LogP contribution is 2.33. The molecule has 0 bridgehead atoms. The number of carbonyl (C=O) groups is 2. The molecule has 5 nitrogen and oxygen atoms in total. The molecule has 25 heavy (non-hydrogen) atoms.